The summed E-state index contributed by atoms with van der Waals surface area (Å²) >= 11 is 0. The fraction of sp³-hybridized carbons (Fsp3) is 0.714. The predicted molar refractivity (Wildman–Crippen MR) is 40.8 cm³/mol. The van der Waals surface area contributed by atoms with Crippen LogP contribution in [-0.4, -0.2) is 36.0 Å². The molecular formula is C7H15NO2. The molecule has 0 heterocycles. The smallest absolute Gasteiger partial charge is 0.0896 e. The van der Waals surface area contributed by atoms with Crippen molar-refractivity contribution in [1.29, 1.82) is 0 Å². The summed E-state index contributed by atoms with van der Waals surface area (Å²) < 4.78 is 0. The molecule has 0 aromatic heterocycles. The van der Waals surface area contributed by atoms with Gasteiger partial charge in [0.15, 0.2) is 0 Å². The van der Waals surface area contributed by atoms with Crippen LogP contribution in [0.4, 0.5) is 0 Å². The number of allylic oxidation sites excluding steroid dienone is 1. The van der Waals surface area contributed by atoms with Crippen molar-refractivity contribution in [3.05, 3.63) is 12.2 Å². The Hall–Kier alpha value is -0.380. The molecule has 2 atom stereocenters. The largest absolute Gasteiger partial charge is 0.395 e. The molecule has 3 N–H and O–H groups in total. The topological polar surface area (TPSA) is 52.5 Å². The van der Waals surface area contributed by atoms with Gasteiger partial charge in [-0.15, -0.1) is 0 Å². The molecule has 0 saturated heterocycles. The van der Waals surface area contributed by atoms with Crippen LogP contribution in [0.2, 0.25) is 0 Å². The molecule has 0 aliphatic rings. The van der Waals surface area contributed by atoms with Crippen LogP contribution in [0.5, 0.6) is 0 Å². The minimum Gasteiger partial charge on any atom is -0.395 e. The Kier molecular flexibility index (Phi) is 5.20. The van der Waals surface area contributed by atoms with Crippen LogP contribution in [0.25, 0.3) is 0 Å². The van der Waals surface area contributed by atoms with Gasteiger partial charge in [-0.1, -0.05) is 12.2 Å². The molecule has 0 spiro atoms. The van der Waals surface area contributed by atoms with E-state index in [0.29, 0.717) is 0 Å². The number of nitrogens with one attached hydrogen (secondary N) is 1. The fourth-order valence-electron chi connectivity index (χ4n) is 0.701. The molecule has 0 unspecified atom stereocenters. The first kappa shape index (κ1) is 9.62. The molecule has 0 bridgehead atoms. The van der Waals surface area contributed by atoms with Gasteiger partial charge < -0.3 is 15.5 Å². The number of hydrogen-bond acceptors (Lipinski definition) is 3. The summed E-state index contributed by atoms with van der Waals surface area (Å²) in [5.41, 5.74) is 0. The third-order valence-electron chi connectivity index (χ3n) is 1.37. The van der Waals surface area contributed by atoms with Crippen molar-refractivity contribution in [3.63, 3.8) is 0 Å². The number of hydrogen-bond donors (Lipinski definition) is 3. The highest BCUT2D eigenvalue weighted by Gasteiger charge is 2.11. The van der Waals surface area contributed by atoms with Gasteiger partial charge in [-0.2, -0.15) is 0 Å². The lowest BCUT2D eigenvalue weighted by atomic mass is 10.1. The lowest BCUT2D eigenvalue weighted by Crippen LogP contribution is -2.39. The quantitative estimate of drug-likeness (QED) is 0.468. The van der Waals surface area contributed by atoms with Gasteiger partial charge in [0.2, 0.25) is 0 Å². The Labute approximate surface area is 61.4 Å². The predicted octanol–water partition coefficient (Wildman–Crippen LogP) is -0.496. The van der Waals surface area contributed by atoms with Crippen molar-refractivity contribution in [3.8, 4) is 0 Å². The molecule has 0 aromatic rings. The van der Waals surface area contributed by atoms with Crippen LogP contribution < -0.4 is 5.32 Å². The van der Waals surface area contributed by atoms with E-state index in [0.717, 1.165) is 0 Å². The van der Waals surface area contributed by atoms with Crippen LogP contribution in [0, 0.1) is 0 Å². The number of aliphatic hydroxyl groups is 2. The second-order valence-corrected chi connectivity index (χ2v) is 2.09. The van der Waals surface area contributed by atoms with E-state index in [1.54, 1.807) is 19.2 Å². The van der Waals surface area contributed by atoms with Crippen LogP contribution in [0.3, 0.4) is 0 Å². The van der Waals surface area contributed by atoms with Crippen molar-refractivity contribution in [2.45, 2.75) is 19.1 Å². The van der Waals surface area contributed by atoms with Gasteiger partial charge in [-0.05, 0) is 14.0 Å². The van der Waals surface area contributed by atoms with Gasteiger partial charge in [0, 0.05) is 0 Å². The zero-order valence-electron chi connectivity index (χ0n) is 6.41. The summed E-state index contributed by atoms with van der Waals surface area (Å²) in [5, 5.41) is 20.7. The van der Waals surface area contributed by atoms with Gasteiger partial charge in [0.05, 0.1) is 18.8 Å². The van der Waals surface area contributed by atoms with E-state index in [9.17, 15) is 5.11 Å². The van der Waals surface area contributed by atoms with Crippen LogP contribution in [-0.2, 0) is 0 Å². The lowest BCUT2D eigenvalue weighted by Gasteiger charge is -2.16. The van der Waals surface area contributed by atoms with Crippen molar-refractivity contribution in [2.75, 3.05) is 13.7 Å². The molecule has 0 rings (SSSR count). The molecule has 0 radical (unpaired) electrons. The zero-order valence-corrected chi connectivity index (χ0v) is 6.41. The summed E-state index contributed by atoms with van der Waals surface area (Å²) in [6, 6.07) is -0.254. The number of aliphatic hydroxyl groups excluding tert-OH is 2. The van der Waals surface area contributed by atoms with Crippen LogP contribution >= 0.6 is 0 Å². The molecule has 60 valence electrons. The standard InChI is InChI=1S/C7H15NO2/c1-3-4-7(10)6(5-9)8-2/h3-4,6-10H,5H2,1-2H3/b4-3+/t6-,7+/m1/s1. The second-order valence-electron chi connectivity index (χ2n) is 2.09. The summed E-state index contributed by atoms with van der Waals surface area (Å²) in [6.07, 6.45) is 2.79. The van der Waals surface area contributed by atoms with E-state index in [-0.39, 0.29) is 12.6 Å². The van der Waals surface area contributed by atoms with E-state index in [1.807, 2.05) is 6.92 Å². The van der Waals surface area contributed by atoms with Crippen LogP contribution in [0.1, 0.15) is 6.92 Å². The molecule has 0 aliphatic carbocycles. The maximum atomic E-state index is 9.20. The highest BCUT2D eigenvalue weighted by Crippen LogP contribution is 1.93. The molecular weight excluding hydrogens is 130 g/mol. The monoisotopic (exact) mass is 145 g/mol. The minimum atomic E-state index is -0.597. The molecule has 3 heteroatoms. The maximum Gasteiger partial charge on any atom is 0.0896 e. The molecule has 0 aliphatic heterocycles. The van der Waals surface area contributed by atoms with Crippen molar-refractivity contribution < 1.29 is 10.2 Å². The zero-order chi connectivity index (χ0) is 7.98. The van der Waals surface area contributed by atoms with E-state index in [1.165, 1.54) is 0 Å². The first-order valence-electron chi connectivity index (χ1n) is 3.35. The average Bonchev–Trinajstić information content (AvgIpc) is 1.91. The molecule has 0 fully saturated rings. The Balaban J connectivity index is 3.75. The SMILES string of the molecule is C/C=C/[C@H](O)[C@@H](CO)NC. The van der Waals surface area contributed by atoms with Gasteiger partial charge in [0.25, 0.3) is 0 Å². The van der Waals surface area contributed by atoms with Crippen molar-refractivity contribution in [2.24, 2.45) is 0 Å². The fourth-order valence-corrected chi connectivity index (χ4v) is 0.701. The maximum absolute atomic E-state index is 9.20. The third kappa shape index (κ3) is 2.96. The van der Waals surface area contributed by atoms with Gasteiger partial charge in [-0.25, -0.2) is 0 Å². The van der Waals surface area contributed by atoms with E-state index >= 15 is 0 Å². The Morgan fingerprint density at radius 1 is 1.60 bits per heavy atom. The summed E-state index contributed by atoms with van der Waals surface area (Å²) in [4.78, 5) is 0. The Morgan fingerprint density at radius 3 is 2.50 bits per heavy atom. The molecule has 10 heavy (non-hydrogen) atoms. The van der Waals surface area contributed by atoms with E-state index in [2.05, 4.69) is 5.32 Å². The number of rotatable bonds is 4. The number of likely N-dealkylation sites (N-methyl/N-ethyl adjacent to an activating group) is 1. The van der Waals surface area contributed by atoms with E-state index in [4.69, 9.17) is 5.11 Å². The van der Waals surface area contributed by atoms with Gasteiger partial charge in [-0.3, -0.25) is 0 Å². The van der Waals surface area contributed by atoms with Gasteiger partial charge >= 0.3 is 0 Å². The minimum absolute atomic E-state index is 0.0536. The van der Waals surface area contributed by atoms with E-state index < -0.39 is 6.10 Å². The molecule has 0 amide bonds. The third-order valence-corrected chi connectivity index (χ3v) is 1.37. The highest BCUT2D eigenvalue weighted by atomic mass is 16.3. The average molecular weight is 145 g/mol. The summed E-state index contributed by atoms with van der Waals surface area (Å²) in [5.74, 6) is 0. The van der Waals surface area contributed by atoms with Crippen LogP contribution in [0.15, 0.2) is 12.2 Å². The van der Waals surface area contributed by atoms with Crippen molar-refractivity contribution in [1.82, 2.24) is 5.32 Å². The lowest BCUT2D eigenvalue weighted by molar-refractivity contribution is 0.128. The summed E-state index contributed by atoms with van der Waals surface area (Å²) in [6.45, 7) is 1.77. The first-order chi connectivity index (χ1) is 4.76. The van der Waals surface area contributed by atoms with Gasteiger partial charge in [0.1, 0.15) is 0 Å². The second kappa shape index (κ2) is 5.41. The van der Waals surface area contributed by atoms with Crippen molar-refractivity contribution >= 4 is 0 Å². The first-order valence-corrected chi connectivity index (χ1v) is 3.35. The molecule has 0 saturated carbocycles. The Morgan fingerprint density at radius 2 is 2.20 bits per heavy atom. The molecule has 3 nitrogen and oxygen atoms in total. The normalized spacial score (nSPS) is 17.6. The highest BCUT2D eigenvalue weighted by molar-refractivity contribution is 4.92. The summed E-state index contributed by atoms with van der Waals surface area (Å²) in [7, 11) is 1.70. The molecule has 0 aromatic carbocycles. The Bertz CT molecular complexity index is 99.8.